The maximum absolute atomic E-state index is 11.8. The molecule has 0 radical (unpaired) electrons. The van der Waals surface area contributed by atoms with Gasteiger partial charge in [-0.05, 0) is 18.9 Å². The Morgan fingerprint density at radius 2 is 1.61 bits per heavy atom. The summed E-state index contributed by atoms with van der Waals surface area (Å²) in [5.74, 6) is 0. The van der Waals surface area contributed by atoms with Crippen LogP contribution in [0.3, 0.4) is 0 Å². The van der Waals surface area contributed by atoms with Crippen molar-refractivity contribution >= 4 is 0 Å². The van der Waals surface area contributed by atoms with Crippen LogP contribution in [0.2, 0.25) is 0 Å². The molecule has 0 atom stereocenters. The van der Waals surface area contributed by atoms with E-state index in [-0.39, 0.29) is 5.56 Å². The zero-order valence-corrected chi connectivity index (χ0v) is 12.0. The summed E-state index contributed by atoms with van der Waals surface area (Å²) in [7, 11) is 1.82. The number of hydrogen-bond donors (Lipinski definition) is 0. The number of aryl methyl sites for hydroxylation is 2. The highest BCUT2D eigenvalue weighted by molar-refractivity contribution is 5.10. The second kappa shape index (κ2) is 8.96. The molecule has 18 heavy (non-hydrogen) atoms. The second-order valence-electron chi connectivity index (χ2n) is 5.17. The number of pyridine rings is 1. The Morgan fingerprint density at radius 1 is 1.00 bits per heavy atom. The quantitative estimate of drug-likeness (QED) is 0.605. The zero-order chi connectivity index (χ0) is 13.2. The average Bonchev–Trinajstić information content (AvgIpc) is 2.37. The van der Waals surface area contributed by atoms with Gasteiger partial charge in [0, 0.05) is 18.8 Å². The minimum absolute atomic E-state index is 0.167. The molecule has 102 valence electrons. The molecule has 0 aliphatic rings. The van der Waals surface area contributed by atoms with E-state index in [0.29, 0.717) is 0 Å². The molecule has 0 spiro atoms. The monoisotopic (exact) mass is 249 g/mol. The first-order valence-electron chi connectivity index (χ1n) is 7.40. The predicted octanol–water partition coefficient (Wildman–Crippen LogP) is 4.07. The molecule has 2 nitrogen and oxygen atoms in total. The molecule has 0 saturated carbocycles. The molecule has 0 unspecified atom stereocenters. The highest BCUT2D eigenvalue weighted by Crippen LogP contribution is 2.09. The van der Waals surface area contributed by atoms with Crippen molar-refractivity contribution in [1.29, 1.82) is 0 Å². The first kappa shape index (κ1) is 15.0. The van der Waals surface area contributed by atoms with E-state index in [1.807, 2.05) is 25.4 Å². The summed E-state index contributed by atoms with van der Waals surface area (Å²) in [6.07, 6.45) is 13.3. The van der Waals surface area contributed by atoms with Crippen molar-refractivity contribution in [2.24, 2.45) is 7.05 Å². The fourth-order valence-corrected chi connectivity index (χ4v) is 2.29. The van der Waals surface area contributed by atoms with Crippen LogP contribution in [0.15, 0.2) is 23.1 Å². The molecule has 1 aromatic heterocycles. The maximum Gasteiger partial charge on any atom is 0.253 e. The van der Waals surface area contributed by atoms with Crippen LogP contribution in [0.4, 0.5) is 0 Å². The molecule has 1 rings (SSSR count). The van der Waals surface area contributed by atoms with Crippen molar-refractivity contribution in [2.75, 3.05) is 0 Å². The van der Waals surface area contributed by atoms with E-state index >= 15 is 0 Å². The fraction of sp³-hybridized carbons (Fsp3) is 0.688. The van der Waals surface area contributed by atoms with E-state index in [1.165, 1.54) is 44.9 Å². The lowest BCUT2D eigenvalue weighted by Crippen LogP contribution is -2.19. The van der Waals surface area contributed by atoms with Crippen molar-refractivity contribution in [2.45, 2.75) is 64.7 Å². The first-order valence-corrected chi connectivity index (χ1v) is 7.40. The Hall–Kier alpha value is -1.05. The molecule has 0 aliphatic carbocycles. The number of hydrogen-bond acceptors (Lipinski definition) is 1. The lowest BCUT2D eigenvalue weighted by Gasteiger charge is -2.03. The van der Waals surface area contributed by atoms with Crippen LogP contribution in [0.1, 0.15) is 63.9 Å². The van der Waals surface area contributed by atoms with E-state index in [1.54, 1.807) is 4.57 Å². The average molecular weight is 249 g/mol. The minimum Gasteiger partial charge on any atom is -0.318 e. The van der Waals surface area contributed by atoms with E-state index in [9.17, 15) is 4.79 Å². The lowest BCUT2D eigenvalue weighted by atomic mass is 10.0. The van der Waals surface area contributed by atoms with E-state index in [4.69, 9.17) is 0 Å². The standard InChI is InChI=1S/C16H27NO/c1-3-4-5-6-7-8-9-10-12-15-13-11-14-17(2)16(15)18/h11,13-14H,3-10,12H2,1-2H3. The van der Waals surface area contributed by atoms with Crippen LogP contribution < -0.4 is 5.56 Å². The summed E-state index contributed by atoms with van der Waals surface area (Å²) in [6.45, 7) is 2.25. The largest absolute Gasteiger partial charge is 0.318 e. The molecule has 2 heteroatoms. The van der Waals surface area contributed by atoms with Crippen molar-refractivity contribution < 1.29 is 0 Å². The molecule has 0 bridgehead atoms. The molecule has 0 amide bonds. The Bertz CT molecular complexity index is 381. The number of aromatic nitrogens is 1. The third-order valence-corrected chi connectivity index (χ3v) is 3.50. The maximum atomic E-state index is 11.8. The third kappa shape index (κ3) is 5.52. The summed E-state index contributed by atoms with van der Waals surface area (Å²) < 4.78 is 1.67. The lowest BCUT2D eigenvalue weighted by molar-refractivity contribution is 0.574. The highest BCUT2D eigenvalue weighted by atomic mass is 16.1. The molecule has 0 N–H and O–H groups in total. The Kier molecular flexibility index (Phi) is 7.47. The SMILES string of the molecule is CCCCCCCCCCc1cccn(C)c1=O. The van der Waals surface area contributed by atoms with Gasteiger partial charge in [-0.1, -0.05) is 57.9 Å². The van der Waals surface area contributed by atoms with E-state index in [2.05, 4.69) is 6.92 Å². The molecular weight excluding hydrogens is 222 g/mol. The smallest absolute Gasteiger partial charge is 0.253 e. The van der Waals surface area contributed by atoms with Gasteiger partial charge in [0.15, 0.2) is 0 Å². The van der Waals surface area contributed by atoms with Gasteiger partial charge in [-0.15, -0.1) is 0 Å². The van der Waals surface area contributed by atoms with Crippen molar-refractivity contribution in [3.8, 4) is 0 Å². The molecule has 0 saturated heterocycles. The first-order chi connectivity index (χ1) is 8.75. The summed E-state index contributed by atoms with van der Waals surface area (Å²) >= 11 is 0. The van der Waals surface area contributed by atoms with Crippen LogP contribution in [-0.2, 0) is 13.5 Å². The van der Waals surface area contributed by atoms with Crippen molar-refractivity contribution in [1.82, 2.24) is 4.57 Å². The molecule has 1 aromatic rings. The Labute approximate surface area is 111 Å². The van der Waals surface area contributed by atoms with Crippen molar-refractivity contribution in [3.63, 3.8) is 0 Å². The van der Waals surface area contributed by atoms with Crippen LogP contribution >= 0.6 is 0 Å². The number of unbranched alkanes of at least 4 members (excludes halogenated alkanes) is 7. The summed E-state index contributed by atoms with van der Waals surface area (Å²) in [5.41, 5.74) is 1.13. The topological polar surface area (TPSA) is 22.0 Å². The predicted molar refractivity (Wildman–Crippen MR) is 78.0 cm³/mol. The van der Waals surface area contributed by atoms with Crippen LogP contribution in [-0.4, -0.2) is 4.57 Å². The van der Waals surface area contributed by atoms with Gasteiger partial charge in [-0.25, -0.2) is 0 Å². The van der Waals surface area contributed by atoms with Crippen LogP contribution in [0, 0.1) is 0 Å². The molecule has 0 fully saturated rings. The van der Waals surface area contributed by atoms with E-state index in [0.717, 1.165) is 18.4 Å². The van der Waals surface area contributed by atoms with Gasteiger partial charge in [0.1, 0.15) is 0 Å². The molecule has 1 heterocycles. The van der Waals surface area contributed by atoms with Crippen molar-refractivity contribution in [3.05, 3.63) is 34.2 Å². The third-order valence-electron chi connectivity index (χ3n) is 3.50. The molecular formula is C16H27NO. The summed E-state index contributed by atoms with van der Waals surface area (Å²) in [6, 6.07) is 3.92. The normalized spacial score (nSPS) is 10.8. The zero-order valence-electron chi connectivity index (χ0n) is 12.0. The van der Waals surface area contributed by atoms with Gasteiger partial charge in [0.25, 0.3) is 5.56 Å². The Morgan fingerprint density at radius 3 is 2.28 bits per heavy atom. The summed E-state index contributed by atoms with van der Waals surface area (Å²) in [5, 5.41) is 0. The van der Waals surface area contributed by atoms with Crippen LogP contribution in [0.25, 0.3) is 0 Å². The Balaban J connectivity index is 2.11. The van der Waals surface area contributed by atoms with Gasteiger partial charge in [0.2, 0.25) is 0 Å². The van der Waals surface area contributed by atoms with Gasteiger partial charge >= 0.3 is 0 Å². The number of nitrogens with zero attached hydrogens (tertiary/aromatic N) is 1. The van der Waals surface area contributed by atoms with Gasteiger partial charge < -0.3 is 4.57 Å². The highest BCUT2D eigenvalue weighted by Gasteiger charge is 2.00. The van der Waals surface area contributed by atoms with Gasteiger partial charge in [0.05, 0.1) is 0 Å². The fourth-order valence-electron chi connectivity index (χ4n) is 2.29. The second-order valence-corrected chi connectivity index (χ2v) is 5.17. The molecule has 0 aliphatic heterocycles. The van der Waals surface area contributed by atoms with Gasteiger partial charge in [-0.3, -0.25) is 4.79 Å². The van der Waals surface area contributed by atoms with Gasteiger partial charge in [-0.2, -0.15) is 0 Å². The van der Waals surface area contributed by atoms with Crippen LogP contribution in [0.5, 0.6) is 0 Å². The summed E-state index contributed by atoms with van der Waals surface area (Å²) in [4.78, 5) is 11.8. The minimum atomic E-state index is 0.167. The van der Waals surface area contributed by atoms with E-state index < -0.39 is 0 Å². The molecule has 0 aromatic carbocycles. The number of rotatable bonds is 9.